The molecule has 4 nitrogen and oxygen atoms in total. The molecule has 20 heavy (non-hydrogen) atoms. The standard InChI is InChI=1S/C15H21NO3S/c17-11-8-16(9-12(11)18)15(19)14-7-10-5-3-1-2-4-6-13(10)20-14/h7,11-12,17-18H,1-6,8-9H2/t11-,12+. The molecule has 110 valence electrons. The monoisotopic (exact) mass is 295 g/mol. The van der Waals surface area contributed by atoms with Gasteiger partial charge in [-0.2, -0.15) is 0 Å². The molecule has 1 aromatic rings. The van der Waals surface area contributed by atoms with Gasteiger partial charge in [0.2, 0.25) is 0 Å². The van der Waals surface area contributed by atoms with Crippen LogP contribution in [-0.2, 0) is 12.8 Å². The summed E-state index contributed by atoms with van der Waals surface area (Å²) >= 11 is 1.60. The highest BCUT2D eigenvalue weighted by Gasteiger charge is 2.33. The number of fused-ring (bicyclic) bond motifs is 1. The molecule has 2 aliphatic rings. The highest BCUT2D eigenvalue weighted by molar-refractivity contribution is 7.14. The molecule has 1 saturated heterocycles. The molecule has 1 amide bonds. The van der Waals surface area contributed by atoms with E-state index in [0.29, 0.717) is 0 Å². The Morgan fingerprint density at radius 1 is 1.10 bits per heavy atom. The van der Waals surface area contributed by atoms with E-state index in [-0.39, 0.29) is 19.0 Å². The van der Waals surface area contributed by atoms with Crippen LogP contribution in [0.4, 0.5) is 0 Å². The molecule has 3 rings (SSSR count). The lowest BCUT2D eigenvalue weighted by atomic mass is 10.00. The Balaban J connectivity index is 1.77. The third kappa shape index (κ3) is 2.75. The number of likely N-dealkylation sites (tertiary alicyclic amines) is 1. The normalized spacial score (nSPS) is 27.0. The molecule has 0 saturated carbocycles. The molecule has 1 aliphatic heterocycles. The number of aliphatic hydroxyl groups excluding tert-OH is 2. The molecule has 0 aromatic carbocycles. The third-order valence-corrected chi connectivity index (χ3v) is 5.48. The summed E-state index contributed by atoms with van der Waals surface area (Å²) in [6.07, 6.45) is 5.53. The number of carbonyl (C=O) groups excluding carboxylic acids is 1. The van der Waals surface area contributed by atoms with E-state index in [0.717, 1.165) is 17.7 Å². The number of carbonyl (C=O) groups is 1. The summed E-state index contributed by atoms with van der Waals surface area (Å²) < 4.78 is 0. The van der Waals surface area contributed by atoms with E-state index >= 15 is 0 Å². The van der Waals surface area contributed by atoms with Crippen LogP contribution in [0.3, 0.4) is 0 Å². The highest BCUT2D eigenvalue weighted by atomic mass is 32.1. The van der Waals surface area contributed by atoms with Gasteiger partial charge in [-0.1, -0.05) is 12.8 Å². The van der Waals surface area contributed by atoms with Crippen molar-refractivity contribution in [2.24, 2.45) is 0 Å². The van der Waals surface area contributed by atoms with Gasteiger partial charge in [0.15, 0.2) is 0 Å². The molecule has 1 fully saturated rings. The fraction of sp³-hybridized carbons (Fsp3) is 0.667. The first kappa shape index (κ1) is 14.0. The maximum atomic E-state index is 12.4. The molecule has 0 spiro atoms. The van der Waals surface area contributed by atoms with E-state index in [9.17, 15) is 15.0 Å². The number of hydrogen-bond donors (Lipinski definition) is 2. The minimum Gasteiger partial charge on any atom is -0.388 e. The van der Waals surface area contributed by atoms with E-state index in [1.54, 1.807) is 16.2 Å². The second-order valence-corrected chi connectivity index (χ2v) is 6.95. The zero-order chi connectivity index (χ0) is 14.1. The molecular formula is C15H21NO3S. The van der Waals surface area contributed by atoms with Gasteiger partial charge in [0, 0.05) is 18.0 Å². The summed E-state index contributed by atoms with van der Waals surface area (Å²) in [5.41, 5.74) is 1.33. The Kier molecular flexibility index (Phi) is 4.10. The number of thiophene rings is 1. The fourth-order valence-electron chi connectivity index (χ4n) is 3.04. The van der Waals surface area contributed by atoms with Gasteiger partial charge in [-0.3, -0.25) is 4.79 Å². The Hall–Kier alpha value is -0.910. The van der Waals surface area contributed by atoms with Crippen molar-refractivity contribution in [3.8, 4) is 0 Å². The summed E-state index contributed by atoms with van der Waals surface area (Å²) in [4.78, 5) is 16.1. The Bertz CT molecular complexity index is 464. The average Bonchev–Trinajstić information content (AvgIpc) is 2.93. The number of rotatable bonds is 1. The first-order valence-corrected chi connectivity index (χ1v) is 8.24. The lowest BCUT2D eigenvalue weighted by Gasteiger charge is -2.13. The van der Waals surface area contributed by atoms with E-state index in [4.69, 9.17) is 0 Å². The number of aliphatic hydroxyl groups is 2. The van der Waals surface area contributed by atoms with Crippen molar-refractivity contribution in [3.05, 3.63) is 21.4 Å². The van der Waals surface area contributed by atoms with Gasteiger partial charge in [-0.15, -0.1) is 11.3 Å². The van der Waals surface area contributed by atoms with Crippen LogP contribution >= 0.6 is 11.3 Å². The molecule has 2 heterocycles. The van der Waals surface area contributed by atoms with E-state index in [1.807, 2.05) is 6.07 Å². The van der Waals surface area contributed by atoms with Crippen LogP contribution in [0.25, 0.3) is 0 Å². The number of β-amino-alcohol motifs (C(OH)–C–C–N with tert-alkyl or cyclic N) is 2. The minimum atomic E-state index is -0.806. The molecular weight excluding hydrogens is 274 g/mol. The lowest BCUT2D eigenvalue weighted by molar-refractivity contribution is 0.0572. The quantitative estimate of drug-likeness (QED) is 0.827. The van der Waals surface area contributed by atoms with Crippen LogP contribution < -0.4 is 0 Å². The van der Waals surface area contributed by atoms with Crippen molar-refractivity contribution in [3.63, 3.8) is 0 Å². The van der Waals surface area contributed by atoms with Crippen LogP contribution in [0.15, 0.2) is 6.07 Å². The highest BCUT2D eigenvalue weighted by Crippen LogP contribution is 2.29. The largest absolute Gasteiger partial charge is 0.388 e. The zero-order valence-electron chi connectivity index (χ0n) is 11.5. The SMILES string of the molecule is O=C(c1cc2c(s1)CCCCCC2)N1C[C@@H](O)[C@@H](O)C1. The van der Waals surface area contributed by atoms with E-state index < -0.39 is 12.2 Å². The Morgan fingerprint density at radius 3 is 2.45 bits per heavy atom. The summed E-state index contributed by atoms with van der Waals surface area (Å²) in [5.74, 6) is -0.0441. The second kappa shape index (κ2) is 5.84. The molecule has 0 unspecified atom stereocenters. The summed E-state index contributed by atoms with van der Waals surface area (Å²) in [5, 5.41) is 19.1. The van der Waals surface area contributed by atoms with Crippen LogP contribution in [0.2, 0.25) is 0 Å². The number of nitrogens with zero attached hydrogens (tertiary/aromatic N) is 1. The first-order valence-electron chi connectivity index (χ1n) is 7.42. The van der Waals surface area contributed by atoms with E-state index in [2.05, 4.69) is 0 Å². The Labute approximate surface area is 123 Å². The molecule has 1 aliphatic carbocycles. The Morgan fingerprint density at radius 2 is 1.75 bits per heavy atom. The number of amides is 1. The molecule has 5 heteroatoms. The van der Waals surface area contributed by atoms with Crippen LogP contribution in [0.1, 0.15) is 45.8 Å². The lowest BCUT2D eigenvalue weighted by Crippen LogP contribution is -2.29. The smallest absolute Gasteiger partial charge is 0.264 e. The van der Waals surface area contributed by atoms with Gasteiger partial charge in [0.25, 0.3) is 5.91 Å². The predicted octanol–water partition coefficient (Wildman–Crippen LogP) is 1.58. The van der Waals surface area contributed by atoms with Crippen molar-refractivity contribution >= 4 is 17.2 Å². The molecule has 0 radical (unpaired) electrons. The maximum Gasteiger partial charge on any atom is 0.264 e. The van der Waals surface area contributed by atoms with Crippen molar-refractivity contribution in [2.45, 2.75) is 50.7 Å². The molecule has 0 bridgehead atoms. The summed E-state index contributed by atoms with van der Waals surface area (Å²) in [6, 6.07) is 2.03. The van der Waals surface area contributed by atoms with Crippen molar-refractivity contribution < 1.29 is 15.0 Å². The molecule has 2 N–H and O–H groups in total. The number of hydrogen-bond acceptors (Lipinski definition) is 4. The second-order valence-electron chi connectivity index (χ2n) is 5.82. The van der Waals surface area contributed by atoms with Crippen LogP contribution in [0.5, 0.6) is 0 Å². The first-order chi connectivity index (χ1) is 9.65. The number of aryl methyl sites for hydroxylation is 2. The fourth-order valence-corrected chi connectivity index (χ4v) is 4.26. The van der Waals surface area contributed by atoms with Gasteiger partial charge in [0.05, 0.1) is 17.1 Å². The summed E-state index contributed by atoms with van der Waals surface area (Å²) in [6.45, 7) is 0.477. The molecule has 1 aromatic heterocycles. The molecule has 2 atom stereocenters. The van der Waals surface area contributed by atoms with Crippen molar-refractivity contribution in [2.75, 3.05) is 13.1 Å². The predicted molar refractivity (Wildman–Crippen MR) is 78.1 cm³/mol. The van der Waals surface area contributed by atoms with Gasteiger partial charge in [-0.25, -0.2) is 0 Å². The maximum absolute atomic E-state index is 12.4. The summed E-state index contributed by atoms with van der Waals surface area (Å²) in [7, 11) is 0. The van der Waals surface area contributed by atoms with Gasteiger partial charge in [0.1, 0.15) is 0 Å². The van der Waals surface area contributed by atoms with Gasteiger partial charge >= 0.3 is 0 Å². The van der Waals surface area contributed by atoms with Gasteiger partial charge in [-0.05, 0) is 37.3 Å². The van der Waals surface area contributed by atoms with Gasteiger partial charge < -0.3 is 15.1 Å². The van der Waals surface area contributed by atoms with Crippen molar-refractivity contribution in [1.29, 1.82) is 0 Å². The zero-order valence-corrected chi connectivity index (χ0v) is 12.4. The average molecular weight is 295 g/mol. The topological polar surface area (TPSA) is 60.8 Å². The third-order valence-electron chi connectivity index (χ3n) is 4.25. The van der Waals surface area contributed by atoms with Crippen molar-refractivity contribution in [1.82, 2.24) is 4.90 Å². The minimum absolute atomic E-state index is 0.0441. The van der Waals surface area contributed by atoms with E-state index in [1.165, 1.54) is 36.1 Å². The van der Waals surface area contributed by atoms with Crippen LogP contribution in [-0.4, -0.2) is 46.3 Å². The van der Waals surface area contributed by atoms with Crippen LogP contribution in [0, 0.1) is 0 Å².